The van der Waals surface area contributed by atoms with Crippen molar-refractivity contribution in [2.75, 3.05) is 18.1 Å². The number of thiazole rings is 1. The van der Waals surface area contributed by atoms with Crippen LogP contribution in [-0.2, 0) is 16.4 Å². The molecule has 6 nitrogen and oxygen atoms in total. The predicted octanol–water partition coefficient (Wildman–Crippen LogP) is 1.08. The molecular formula is C14H22N4O2S2. The molecule has 8 heteroatoms. The normalized spacial score (nSPS) is 24.4. The van der Waals surface area contributed by atoms with E-state index >= 15 is 0 Å². The molecule has 0 radical (unpaired) electrons. The molecule has 1 aromatic heterocycles. The Bertz CT molecular complexity index is 650. The summed E-state index contributed by atoms with van der Waals surface area (Å²) in [4.78, 5) is 8.99. The molecule has 0 bridgehead atoms. The SMILES string of the molecule is Cc1csc(CN=C(NCC2CCS(=O)(=O)C2)NC2CC2)n1. The lowest BCUT2D eigenvalue weighted by atomic mass is 10.1. The van der Waals surface area contributed by atoms with Crippen LogP contribution in [0, 0.1) is 12.8 Å². The van der Waals surface area contributed by atoms with Crippen LogP contribution < -0.4 is 10.6 Å². The number of nitrogens with zero attached hydrogens (tertiary/aromatic N) is 2. The molecule has 1 unspecified atom stereocenters. The fraction of sp³-hybridized carbons (Fsp3) is 0.714. The molecule has 0 amide bonds. The Balaban J connectivity index is 1.55. The Morgan fingerprint density at radius 3 is 2.86 bits per heavy atom. The molecule has 122 valence electrons. The van der Waals surface area contributed by atoms with Gasteiger partial charge >= 0.3 is 0 Å². The Morgan fingerprint density at radius 1 is 1.45 bits per heavy atom. The number of hydrogen-bond donors (Lipinski definition) is 2. The lowest BCUT2D eigenvalue weighted by Gasteiger charge is -2.14. The number of hydrogen-bond acceptors (Lipinski definition) is 5. The van der Waals surface area contributed by atoms with E-state index in [1.54, 1.807) is 11.3 Å². The van der Waals surface area contributed by atoms with Gasteiger partial charge in [0, 0.05) is 23.7 Å². The molecule has 0 spiro atoms. The highest BCUT2D eigenvalue weighted by atomic mass is 32.2. The number of aryl methyl sites for hydroxylation is 1. The third-order valence-corrected chi connectivity index (χ3v) is 6.63. The number of nitrogens with one attached hydrogen (secondary N) is 2. The molecule has 3 rings (SSSR count). The molecule has 1 saturated carbocycles. The van der Waals surface area contributed by atoms with E-state index in [0.29, 0.717) is 30.6 Å². The summed E-state index contributed by atoms with van der Waals surface area (Å²) in [6, 6.07) is 0.511. The number of rotatable bonds is 5. The van der Waals surface area contributed by atoms with Crippen molar-refractivity contribution < 1.29 is 8.42 Å². The lowest BCUT2D eigenvalue weighted by molar-refractivity contribution is 0.566. The zero-order valence-corrected chi connectivity index (χ0v) is 14.3. The smallest absolute Gasteiger partial charge is 0.191 e. The van der Waals surface area contributed by atoms with Crippen LogP contribution in [0.3, 0.4) is 0 Å². The first-order valence-corrected chi connectivity index (χ1v) is 10.4. The topological polar surface area (TPSA) is 83.5 Å². The molecule has 1 aliphatic heterocycles. The van der Waals surface area contributed by atoms with E-state index in [2.05, 4.69) is 20.6 Å². The van der Waals surface area contributed by atoms with Crippen LogP contribution in [0.2, 0.25) is 0 Å². The van der Waals surface area contributed by atoms with Gasteiger partial charge in [0.15, 0.2) is 15.8 Å². The predicted molar refractivity (Wildman–Crippen MR) is 88.9 cm³/mol. The maximum atomic E-state index is 11.5. The minimum Gasteiger partial charge on any atom is -0.356 e. The Morgan fingerprint density at radius 2 is 2.27 bits per heavy atom. The number of sulfone groups is 1. The van der Waals surface area contributed by atoms with Gasteiger partial charge in [0.2, 0.25) is 0 Å². The third kappa shape index (κ3) is 4.67. The van der Waals surface area contributed by atoms with Crippen LogP contribution in [0.25, 0.3) is 0 Å². The van der Waals surface area contributed by atoms with Crippen LogP contribution in [0.15, 0.2) is 10.4 Å². The molecule has 2 aliphatic rings. The summed E-state index contributed by atoms with van der Waals surface area (Å²) in [7, 11) is -2.82. The van der Waals surface area contributed by atoms with Gasteiger partial charge in [-0.05, 0) is 32.1 Å². The van der Waals surface area contributed by atoms with Crippen molar-refractivity contribution in [3.63, 3.8) is 0 Å². The van der Waals surface area contributed by atoms with E-state index in [0.717, 1.165) is 23.1 Å². The van der Waals surface area contributed by atoms with Crippen molar-refractivity contribution in [1.82, 2.24) is 15.6 Å². The van der Waals surface area contributed by atoms with Crippen molar-refractivity contribution in [3.05, 3.63) is 16.1 Å². The van der Waals surface area contributed by atoms with E-state index in [4.69, 9.17) is 0 Å². The summed E-state index contributed by atoms with van der Waals surface area (Å²) in [5.41, 5.74) is 1.02. The van der Waals surface area contributed by atoms with Crippen molar-refractivity contribution in [2.24, 2.45) is 10.9 Å². The molecule has 2 N–H and O–H groups in total. The second-order valence-corrected chi connectivity index (χ2v) is 9.29. The van der Waals surface area contributed by atoms with Gasteiger partial charge in [-0.15, -0.1) is 11.3 Å². The highest BCUT2D eigenvalue weighted by Gasteiger charge is 2.28. The van der Waals surface area contributed by atoms with Crippen molar-refractivity contribution in [3.8, 4) is 0 Å². The summed E-state index contributed by atoms with van der Waals surface area (Å²) >= 11 is 1.62. The molecule has 2 fully saturated rings. The van der Waals surface area contributed by atoms with Gasteiger partial charge < -0.3 is 10.6 Å². The van der Waals surface area contributed by atoms with E-state index in [1.165, 1.54) is 12.8 Å². The van der Waals surface area contributed by atoms with Gasteiger partial charge in [0.1, 0.15) is 5.01 Å². The summed E-state index contributed by atoms with van der Waals surface area (Å²) in [6.45, 7) is 3.20. The highest BCUT2D eigenvalue weighted by Crippen LogP contribution is 2.19. The van der Waals surface area contributed by atoms with Crippen molar-refractivity contribution in [2.45, 2.75) is 38.8 Å². The standard InChI is InChI=1S/C14H22N4O2S2/c1-10-8-21-13(17-10)7-16-14(18-12-2-3-12)15-6-11-4-5-22(19,20)9-11/h8,11-12H,2-7,9H2,1H3,(H2,15,16,18). The molecule has 1 aliphatic carbocycles. The molecular weight excluding hydrogens is 320 g/mol. The van der Waals surface area contributed by atoms with E-state index in [9.17, 15) is 8.42 Å². The average molecular weight is 342 g/mol. The first-order valence-electron chi connectivity index (χ1n) is 7.66. The first-order chi connectivity index (χ1) is 10.5. The lowest BCUT2D eigenvalue weighted by Crippen LogP contribution is -2.41. The van der Waals surface area contributed by atoms with Crippen LogP contribution >= 0.6 is 11.3 Å². The van der Waals surface area contributed by atoms with Crippen LogP contribution in [0.4, 0.5) is 0 Å². The summed E-state index contributed by atoms with van der Waals surface area (Å²) in [5.74, 6) is 1.58. The minimum atomic E-state index is -2.82. The molecule has 22 heavy (non-hydrogen) atoms. The van der Waals surface area contributed by atoms with E-state index in [-0.39, 0.29) is 5.92 Å². The fourth-order valence-corrected chi connectivity index (χ4v) is 5.03. The molecule has 1 atom stereocenters. The van der Waals surface area contributed by atoms with Crippen LogP contribution in [0.1, 0.15) is 30.0 Å². The Hall–Kier alpha value is -1.15. The van der Waals surface area contributed by atoms with Crippen LogP contribution in [-0.4, -0.2) is 43.5 Å². The van der Waals surface area contributed by atoms with Crippen molar-refractivity contribution in [1.29, 1.82) is 0 Å². The summed E-state index contributed by atoms with van der Waals surface area (Å²) < 4.78 is 23.0. The van der Waals surface area contributed by atoms with Gasteiger partial charge in [0.05, 0.1) is 18.1 Å². The zero-order chi connectivity index (χ0) is 15.6. The second-order valence-electron chi connectivity index (χ2n) is 6.12. The highest BCUT2D eigenvalue weighted by molar-refractivity contribution is 7.91. The third-order valence-electron chi connectivity index (χ3n) is 3.84. The quantitative estimate of drug-likeness (QED) is 0.618. The molecule has 1 aromatic rings. The number of aliphatic imine (C=N–C) groups is 1. The maximum absolute atomic E-state index is 11.5. The van der Waals surface area contributed by atoms with Crippen molar-refractivity contribution >= 4 is 27.1 Å². The molecule has 2 heterocycles. The second kappa shape index (κ2) is 6.54. The fourth-order valence-electron chi connectivity index (χ4n) is 2.47. The molecule has 1 saturated heterocycles. The van der Waals surface area contributed by atoms with E-state index in [1.807, 2.05) is 12.3 Å². The molecule has 0 aromatic carbocycles. The zero-order valence-electron chi connectivity index (χ0n) is 12.7. The number of aromatic nitrogens is 1. The monoisotopic (exact) mass is 342 g/mol. The minimum absolute atomic E-state index is 0.193. The first kappa shape index (κ1) is 15.7. The summed E-state index contributed by atoms with van der Waals surface area (Å²) in [5, 5.41) is 9.70. The number of guanidine groups is 1. The largest absolute Gasteiger partial charge is 0.356 e. The van der Waals surface area contributed by atoms with Crippen LogP contribution in [0.5, 0.6) is 0 Å². The Kier molecular flexibility index (Phi) is 4.67. The van der Waals surface area contributed by atoms with Gasteiger partial charge in [-0.2, -0.15) is 0 Å². The van der Waals surface area contributed by atoms with Gasteiger partial charge in [-0.3, -0.25) is 0 Å². The van der Waals surface area contributed by atoms with E-state index < -0.39 is 9.84 Å². The summed E-state index contributed by atoms with van der Waals surface area (Å²) in [6.07, 6.45) is 3.10. The van der Waals surface area contributed by atoms with Gasteiger partial charge in [0.25, 0.3) is 0 Å². The average Bonchev–Trinajstić information content (AvgIpc) is 3.07. The van der Waals surface area contributed by atoms with Gasteiger partial charge in [-0.25, -0.2) is 18.4 Å². The maximum Gasteiger partial charge on any atom is 0.191 e. The Labute approximate surface area is 135 Å². The van der Waals surface area contributed by atoms with Gasteiger partial charge in [-0.1, -0.05) is 0 Å².